The number of hydrogen-bond acceptors (Lipinski definition) is 7. The van der Waals surface area contributed by atoms with Gasteiger partial charge in [-0.1, -0.05) is 36.0 Å². The van der Waals surface area contributed by atoms with E-state index in [1.807, 2.05) is 10.6 Å². The monoisotopic (exact) mass is 458 g/mol. The maximum absolute atomic E-state index is 13.0. The normalized spacial score (nSPS) is 13.7. The van der Waals surface area contributed by atoms with Crippen LogP contribution >= 0.6 is 11.8 Å². The van der Waals surface area contributed by atoms with E-state index in [2.05, 4.69) is 15.5 Å². The van der Waals surface area contributed by atoms with Crippen LogP contribution in [0.2, 0.25) is 0 Å². The highest BCUT2D eigenvalue weighted by atomic mass is 32.2. The Morgan fingerprint density at radius 3 is 2.65 bits per heavy atom. The molecule has 0 radical (unpaired) electrons. The predicted molar refractivity (Wildman–Crippen MR) is 121 cm³/mol. The van der Waals surface area contributed by atoms with Gasteiger partial charge >= 0.3 is 0 Å². The summed E-state index contributed by atoms with van der Waals surface area (Å²) in [4.78, 5) is 12.5. The number of nitrogens with two attached hydrogens (primary N) is 1. The fourth-order valence-corrected chi connectivity index (χ4v) is 5.11. The van der Waals surface area contributed by atoms with Gasteiger partial charge in [0, 0.05) is 18.8 Å². The molecular formula is C20H22N6O3S2. The van der Waals surface area contributed by atoms with E-state index in [9.17, 15) is 13.2 Å². The SMILES string of the molecule is CN(c1ccccc1)S(=O)(=O)c1cccc(NC(=O)CSc2nnc(N)n2C2CC2)c1. The fraction of sp³-hybridized carbons (Fsp3) is 0.250. The lowest BCUT2D eigenvalue weighted by atomic mass is 10.3. The summed E-state index contributed by atoms with van der Waals surface area (Å²) < 4.78 is 29.0. The molecule has 1 aromatic heterocycles. The summed E-state index contributed by atoms with van der Waals surface area (Å²) in [5, 5.41) is 11.3. The molecule has 1 fully saturated rings. The number of amides is 1. The van der Waals surface area contributed by atoms with Crippen LogP contribution in [0.5, 0.6) is 0 Å². The Morgan fingerprint density at radius 2 is 1.94 bits per heavy atom. The molecule has 3 aromatic rings. The maximum atomic E-state index is 13.0. The lowest BCUT2D eigenvalue weighted by Crippen LogP contribution is -2.26. The van der Waals surface area contributed by atoms with Gasteiger partial charge in [-0.2, -0.15) is 0 Å². The van der Waals surface area contributed by atoms with Gasteiger partial charge in [0.2, 0.25) is 11.9 Å². The Hall–Kier alpha value is -3.05. The number of nitrogens with one attached hydrogen (secondary N) is 1. The highest BCUT2D eigenvalue weighted by Gasteiger charge is 2.29. The largest absolute Gasteiger partial charge is 0.368 e. The summed E-state index contributed by atoms with van der Waals surface area (Å²) in [6.07, 6.45) is 2.06. The van der Waals surface area contributed by atoms with E-state index < -0.39 is 10.0 Å². The quantitative estimate of drug-likeness (QED) is 0.498. The number of benzene rings is 2. The molecule has 4 rings (SSSR count). The minimum Gasteiger partial charge on any atom is -0.368 e. The van der Waals surface area contributed by atoms with Gasteiger partial charge in [0.05, 0.1) is 16.3 Å². The third kappa shape index (κ3) is 4.67. The van der Waals surface area contributed by atoms with Crippen LogP contribution in [-0.2, 0) is 14.8 Å². The zero-order valence-electron chi connectivity index (χ0n) is 16.8. The smallest absolute Gasteiger partial charge is 0.264 e. The van der Waals surface area contributed by atoms with Gasteiger partial charge in [-0.05, 0) is 43.2 Å². The lowest BCUT2D eigenvalue weighted by Gasteiger charge is -2.19. The van der Waals surface area contributed by atoms with Crippen molar-refractivity contribution in [1.29, 1.82) is 0 Å². The lowest BCUT2D eigenvalue weighted by molar-refractivity contribution is -0.113. The Morgan fingerprint density at radius 1 is 1.19 bits per heavy atom. The molecule has 0 saturated heterocycles. The summed E-state index contributed by atoms with van der Waals surface area (Å²) in [7, 11) is -2.28. The van der Waals surface area contributed by atoms with Crippen LogP contribution in [-0.4, -0.2) is 41.9 Å². The third-order valence-corrected chi connectivity index (χ3v) is 7.56. The van der Waals surface area contributed by atoms with Crippen molar-refractivity contribution in [3.8, 4) is 0 Å². The van der Waals surface area contributed by atoms with Gasteiger partial charge in [0.1, 0.15) is 0 Å². The van der Waals surface area contributed by atoms with Crippen LogP contribution in [0.25, 0.3) is 0 Å². The van der Waals surface area contributed by atoms with Gasteiger partial charge in [0.15, 0.2) is 5.16 Å². The number of hydrogen-bond donors (Lipinski definition) is 2. The van der Waals surface area contributed by atoms with Gasteiger partial charge in [-0.15, -0.1) is 10.2 Å². The Kier molecular flexibility index (Phi) is 5.88. The Balaban J connectivity index is 1.43. The number of sulfonamides is 1. The molecule has 0 bridgehead atoms. The molecule has 3 N–H and O–H groups in total. The van der Waals surface area contributed by atoms with Crippen molar-refractivity contribution in [2.45, 2.75) is 28.9 Å². The van der Waals surface area contributed by atoms with Crippen molar-refractivity contribution in [3.05, 3.63) is 54.6 Å². The van der Waals surface area contributed by atoms with E-state index in [1.54, 1.807) is 36.4 Å². The molecule has 0 atom stereocenters. The number of anilines is 3. The average Bonchev–Trinajstić information content (AvgIpc) is 3.54. The van der Waals surface area contributed by atoms with Crippen molar-refractivity contribution in [1.82, 2.24) is 14.8 Å². The van der Waals surface area contributed by atoms with E-state index in [0.717, 1.165) is 12.8 Å². The van der Waals surface area contributed by atoms with Crippen LogP contribution < -0.4 is 15.4 Å². The summed E-state index contributed by atoms with van der Waals surface area (Å²) in [5.41, 5.74) is 6.80. The Bertz CT molecular complexity index is 1190. The highest BCUT2D eigenvalue weighted by molar-refractivity contribution is 7.99. The van der Waals surface area contributed by atoms with Gasteiger partial charge in [-0.3, -0.25) is 13.7 Å². The summed E-state index contributed by atoms with van der Waals surface area (Å²) in [6.45, 7) is 0. The second-order valence-corrected chi connectivity index (χ2v) is 10.0. The third-order valence-electron chi connectivity index (χ3n) is 4.83. The Labute approximate surface area is 184 Å². The average molecular weight is 459 g/mol. The molecule has 1 saturated carbocycles. The summed E-state index contributed by atoms with van der Waals surface area (Å²) >= 11 is 1.25. The van der Waals surface area contributed by atoms with Crippen LogP contribution in [0.4, 0.5) is 17.3 Å². The van der Waals surface area contributed by atoms with Crippen LogP contribution in [0, 0.1) is 0 Å². The zero-order valence-corrected chi connectivity index (χ0v) is 18.4. The number of para-hydroxylation sites is 1. The van der Waals surface area contributed by atoms with Crippen molar-refractivity contribution in [2.75, 3.05) is 28.2 Å². The molecule has 11 heteroatoms. The van der Waals surface area contributed by atoms with Crippen molar-refractivity contribution in [2.24, 2.45) is 0 Å². The minimum absolute atomic E-state index is 0.0885. The van der Waals surface area contributed by atoms with Crippen molar-refractivity contribution >= 4 is 45.0 Å². The topological polar surface area (TPSA) is 123 Å². The van der Waals surface area contributed by atoms with E-state index in [-0.39, 0.29) is 16.6 Å². The van der Waals surface area contributed by atoms with E-state index in [0.29, 0.717) is 28.5 Å². The summed E-state index contributed by atoms with van der Waals surface area (Å²) in [5.74, 6) is 0.178. The second kappa shape index (κ2) is 8.60. The maximum Gasteiger partial charge on any atom is 0.264 e. The molecule has 2 aromatic carbocycles. The predicted octanol–water partition coefficient (Wildman–Crippen LogP) is 2.75. The van der Waals surface area contributed by atoms with Crippen LogP contribution in [0.15, 0.2) is 64.6 Å². The molecular weight excluding hydrogens is 436 g/mol. The molecule has 0 aliphatic heterocycles. The van der Waals surface area contributed by atoms with Gasteiger partial charge in [-0.25, -0.2) is 8.42 Å². The van der Waals surface area contributed by atoms with Gasteiger partial charge in [0.25, 0.3) is 10.0 Å². The standard InChI is InChI=1S/C20H22N6O3S2/c1-25(15-7-3-2-4-8-15)31(28,29)17-9-5-6-14(12-17)22-18(27)13-30-20-24-23-19(21)26(20)16-10-11-16/h2-9,12,16H,10-11,13H2,1H3,(H2,21,23)(H,22,27). The van der Waals surface area contributed by atoms with E-state index >= 15 is 0 Å². The zero-order chi connectivity index (χ0) is 22.0. The molecule has 0 spiro atoms. The number of carbonyl (C=O) groups is 1. The number of rotatable bonds is 8. The molecule has 1 aliphatic carbocycles. The molecule has 9 nitrogen and oxygen atoms in total. The van der Waals surface area contributed by atoms with Crippen molar-refractivity contribution < 1.29 is 13.2 Å². The first-order valence-corrected chi connectivity index (χ1v) is 12.1. The number of carbonyl (C=O) groups excluding carboxylic acids is 1. The molecule has 1 aliphatic rings. The number of nitrogens with zero attached hydrogens (tertiary/aromatic N) is 4. The first-order chi connectivity index (χ1) is 14.9. The molecule has 31 heavy (non-hydrogen) atoms. The van der Waals surface area contributed by atoms with E-state index in [4.69, 9.17) is 5.73 Å². The fourth-order valence-electron chi connectivity index (χ4n) is 3.06. The molecule has 0 unspecified atom stereocenters. The van der Waals surface area contributed by atoms with Crippen LogP contribution in [0.3, 0.4) is 0 Å². The molecule has 1 heterocycles. The summed E-state index contributed by atoms with van der Waals surface area (Å²) in [6, 6.07) is 15.3. The van der Waals surface area contributed by atoms with E-state index in [1.165, 1.54) is 35.2 Å². The first kappa shape index (κ1) is 21.2. The highest BCUT2D eigenvalue weighted by Crippen LogP contribution is 2.39. The first-order valence-electron chi connectivity index (χ1n) is 9.63. The second-order valence-electron chi connectivity index (χ2n) is 7.11. The number of aromatic nitrogens is 3. The van der Waals surface area contributed by atoms with Crippen molar-refractivity contribution in [3.63, 3.8) is 0 Å². The molecule has 1 amide bonds. The minimum atomic E-state index is -3.77. The molecule has 162 valence electrons. The number of thioether (sulfide) groups is 1. The number of nitrogen functional groups attached to an aromatic ring is 1. The van der Waals surface area contributed by atoms with Crippen LogP contribution in [0.1, 0.15) is 18.9 Å². The van der Waals surface area contributed by atoms with Gasteiger partial charge < -0.3 is 11.1 Å².